The Morgan fingerprint density at radius 3 is 2.58 bits per heavy atom. The topological polar surface area (TPSA) is 61.5 Å². The monoisotopic (exact) mass is 472 g/mol. The molecule has 0 saturated carbocycles. The summed E-state index contributed by atoms with van der Waals surface area (Å²) in [4.78, 5) is 18.9. The van der Waals surface area contributed by atoms with Crippen LogP contribution < -0.4 is 0 Å². The number of nitrogens with one attached hydrogen (secondary N) is 1. The van der Waals surface area contributed by atoms with E-state index >= 15 is 0 Å². The first-order valence-corrected chi connectivity index (χ1v) is 11.7. The zero-order valence-electron chi connectivity index (χ0n) is 18.4. The number of hydrogen-bond donors (Lipinski definition) is 1. The van der Waals surface area contributed by atoms with Crippen molar-refractivity contribution >= 4 is 52.0 Å². The van der Waals surface area contributed by atoms with Gasteiger partial charge in [0.05, 0.1) is 11.3 Å². The molecule has 2 aliphatic heterocycles. The molecule has 33 heavy (non-hydrogen) atoms. The van der Waals surface area contributed by atoms with Crippen molar-refractivity contribution in [1.29, 1.82) is 5.41 Å². The van der Waals surface area contributed by atoms with Crippen molar-refractivity contribution in [2.45, 2.75) is 20.8 Å². The lowest BCUT2D eigenvalue weighted by Crippen LogP contribution is -2.38. The number of carbonyl (C=O) groups is 1. The molecular weight excluding hydrogens is 452 g/mol. The number of benzene rings is 2. The Balaban J connectivity index is 1.57. The molecule has 7 heteroatoms. The third kappa shape index (κ3) is 3.65. The van der Waals surface area contributed by atoms with Crippen LogP contribution in [-0.2, 0) is 4.79 Å². The summed E-state index contributed by atoms with van der Waals surface area (Å²) in [5.41, 5.74) is 7.05. The highest BCUT2D eigenvalue weighted by atomic mass is 35.5. The molecule has 0 aliphatic carbocycles. The van der Waals surface area contributed by atoms with E-state index in [9.17, 15) is 4.79 Å². The van der Waals surface area contributed by atoms with Crippen LogP contribution in [0.2, 0.25) is 5.02 Å². The van der Waals surface area contributed by atoms with Gasteiger partial charge in [-0.2, -0.15) is 4.99 Å². The average molecular weight is 473 g/mol. The molecule has 0 atom stereocenters. The van der Waals surface area contributed by atoms with Crippen LogP contribution in [0.1, 0.15) is 28.1 Å². The van der Waals surface area contributed by atoms with Gasteiger partial charge in [0, 0.05) is 27.5 Å². The summed E-state index contributed by atoms with van der Waals surface area (Å²) in [5.74, 6) is -0.265. The molecule has 2 aromatic carbocycles. The molecular formula is C26H21ClN4OS. The van der Waals surface area contributed by atoms with Crippen LogP contribution in [0, 0.1) is 26.2 Å². The third-order valence-corrected chi connectivity index (χ3v) is 6.93. The maximum absolute atomic E-state index is 12.9. The summed E-state index contributed by atoms with van der Waals surface area (Å²) in [6.07, 6.45) is 1.77. The van der Waals surface area contributed by atoms with E-state index in [2.05, 4.69) is 9.56 Å². The molecule has 1 amide bonds. The number of hydrogen-bond acceptors (Lipinski definition) is 3. The van der Waals surface area contributed by atoms with Crippen LogP contribution in [0.25, 0.3) is 17.5 Å². The lowest BCUT2D eigenvalue weighted by molar-refractivity contribution is -0.114. The predicted molar refractivity (Wildman–Crippen MR) is 137 cm³/mol. The minimum atomic E-state index is -0.398. The quantitative estimate of drug-likeness (QED) is 0.451. The second-order valence-electron chi connectivity index (χ2n) is 8.02. The smallest absolute Gasteiger partial charge is 0.283 e. The third-order valence-electron chi connectivity index (χ3n) is 5.87. The second kappa shape index (κ2) is 8.21. The standard InChI is InChI=1S/C26H21ClN4OS/c1-15-9-10-20(27)13-22(15)30-16(2)11-19(17(30)3)12-21-24(28)31-23(18-7-5-4-6-8-18)14-33-26(31)29-25(21)32/h4-14,28H,1-3H3/b21-12-,28-24?. The molecule has 2 aliphatic rings. The highest BCUT2D eigenvalue weighted by Gasteiger charge is 2.36. The molecule has 3 aromatic rings. The summed E-state index contributed by atoms with van der Waals surface area (Å²) in [6, 6.07) is 17.7. The van der Waals surface area contributed by atoms with E-state index in [-0.39, 0.29) is 11.4 Å². The van der Waals surface area contributed by atoms with Gasteiger partial charge in [0.15, 0.2) is 5.17 Å². The molecule has 1 aromatic heterocycles. The molecule has 0 fully saturated rings. The molecule has 0 unspecified atom stereocenters. The highest BCUT2D eigenvalue weighted by Crippen LogP contribution is 2.37. The number of aryl methyl sites for hydroxylation is 2. The summed E-state index contributed by atoms with van der Waals surface area (Å²) >= 11 is 7.63. The fourth-order valence-electron chi connectivity index (χ4n) is 4.20. The fraction of sp³-hybridized carbons (Fsp3) is 0.115. The second-order valence-corrected chi connectivity index (χ2v) is 9.29. The van der Waals surface area contributed by atoms with Crippen molar-refractivity contribution in [3.63, 3.8) is 0 Å². The number of carbonyl (C=O) groups excluding carboxylic acids is 1. The average Bonchev–Trinajstić information content (AvgIpc) is 3.34. The van der Waals surface area contributed by atoms with Gasteiger partial charge in [0.1, 0.15) is 5.84 Å². The van der Waals surface area contributed by atoms with Crippen LogP contribution in [-0.4, -0.2) is 26.4 Å². The Hall–Kier alpha value is -3.35. The van der Waals surface area contributed by atoms with E-state index in [0.717, 1.165) is 39.5 Å². The number of aliphatic imine (C=N–C) groups is 1. The lowest BCUT2D eigenvalue weighted by Gasteiger charge is -2.26. The first-order chi connectivity index (χ1) is 15.8. The zero-order chi connectivity index (χ0) is 23.3. The van der Waals surface area contributed by atoms with Gasteiger partial charge in [-0.1, -0.05) is 59.8 Å². The fourth-order valence-corrected chi connectivity index (χ4v) is 5.25. The number of nitrogens with zero attached hydrogens (tertiary/aromatic N) is 3. The first-order valence-electron chi connectivity index (χ1n) is 10.5. The summed E-state index contributed by atoms with van der Waals surface area (Å²) in [6.45, 7) is 6.07. The first kappa shape index (κ1) is 21.5. The van der Waals surface area contributed by atoms with Crippen LogP contribution in [0.15, 0.2) is 70.6 Å². The minimum Gasteiger partial charge on any atom is -0.318 e. The van der Waals surface area contributed by atoms with Gasteiger partial charge in [0.25, 0.3) is 5.91 Å². The molecule has 0 saturated heterocycles. The van der Waals surface area contributed by atoms with Gasteiger partial charge in [-0.25, -0.2) is 0 Å². The highest BCUT2D eigenvalue weighted by molar-refractivity contribution is 8.17. The van der Waals surface area contributed by atoms with Crippen molar-refractivity contribution in [2.24, 2.45) is 4.99 Å². The summed E-state index contributed by atoms with van der Waals surface area (Å²) < 4.78 is 2.13. The predicted octanol–water partition coefficient (Wildman–Crippen LogP) is 6.36. The van der Waals surface area contributed by atoms with Crippen LogP contribution in [0.4, 0.5) is 0 Å². The number of thioether (sulfide) groups is 1. The number of fused-ring (bicyclic) bond motifs is 1. The van der Waals surface area contributed by atoms with Crippen LogP contribution in [0.3, 0.4) is 0 Å². The number of amidine groups is 2. The van der Waals surface area contributed by atoms with E-state index < -0.39 is 5.91 Å². The molecule has 5 rings (SSSR count). The summed E-state index contributed by atoms with van der Waals surface area (Å²) in [7, 11) is 0. The van der Waals surface area contributed by atoms with E-state index in [1.165, 1.54) is 11.8 Å². The molecule has 0 spiro atoms. The molecule has 5 nitrogen and oxygen atoms in total. The van der Waals surface area contributed by atoms with Gasteiger partial charge in [-0.3, -0.25) is 15.1 Å². The Morgan fingerprint density at radius 1 is 1.06 bits per heavy atom. The number of amides is 1. The largest absolute Gasteiger partial charge is 0.318 e. The molecule has 3 heterocycles. The molecule has 0 radical (unpaired) electrons. The van der Waals surface area contributed by atoms with E-state index in [1.807, 2.05) is 80.8 Å². The molecule has 1 N–H and O–H groups in total. The Bertz CT molecular complexity index is 1420. The van der Waals surface area contributed by atoms with E-state index in [1.54, 1.807) is 11.0 Å². The van der Waals surface area contributed by atoms with Crippen molar-refractivity contribution in [3.8, 4) is 5.69 Å². The summed E-state index contributed by atoms with van der Waals surface area (Å²) in [5, 5.41) is 12.0. The van der Waals surface area contributed by atoms with Crippen molar-refractivity contribution in [1.82, 2.24) is 9.47 Å². The lowest BCUT2D eigenvalue weighted by atomic mass is 10.1. The Kier molecular flexibility index (Phi) is 5.35. The Labute approximate surface area is 201 Å². The Morgan fingerprint density at radius 2 is 1.82 bits per heavy atom. The van der Waals surface area contributed by atoms with Gasteiger partial charge in [-0.15, -0.1) is 0 Å². The van der Waals surface area contributed by atoms with Crippen LogP contribution in [0.5, 0.6) is 0 Å². The number of halogens is 1. The van der Waals surface area contributed by atoms with Crippen molar-refractivity contribution in [3.05, 3.63) is 98.7 Å². The van der Waals surface area contributed by atoms with Gasteiger partial charge in [-0.05, 0) is 61.7 Å². The van der Waals surface area contributed by atoms with E-state index in [0.29, 0.717) is 10.2 Å². The van der Waals surface area contributed by atoms with Gasteiger partial charge >= 0.3 is 0 Å². The SMILES string of the molecule is Cc1ccc(Cl)cc1-n1c(C)cc(/C=C2/C(=N)N3C(c4ccccc4)=CSC3=NC2=O)c1C. The maximum atomic E-state index is 12.9. The van der Waals surface area contributed by atoms with Crippen molar-refractivity contribution < 1.29 is 4.79 Å². The zero-order valence-corrected chi connectivity index (χ0v) is 20.0. The number of rotatable bonds is 3. The molecule has 164 valence electrons. The van der Waals surface area contributed by atoms with E-state index in [4.69, 9.17) is 17.0 Å². The number of aromatic nitrogens is 1. The van der Waals surface area contributed by atoms with Crippen molar-refractivity contribution in [2.75, 3.05) is 0 Å². The van der Waals surface area contributed by atoms with Gasteiger partial charge < -0.3 is 4.57 Å². The normalized spacial score (nSPS) is 16.8. The van der Waals surface area contributed by atoms with Crippen LogP contribution >= 0.6 is 23.4 Å². The minimum absolute atomic E-state index is 0.133. The van der Waals surface area contributed by atoms with Gasteiger partial charge in [0.2, 0.25) is 0 Å². The molecule has 0 bridgehead atoms. The maximum Gasteiger partial charge on any atom is 0.283 e.